The smallest absolute Gasteiger partial charge is 0.249 e. The Balaban J connectivity index is 2.15. The Kier molecular flexibility index (Phi) is 3.76. The largest absolute Gasteiger partial charge is 0.497 e. The van der Waals surface area contributed by atoms with Gasteiger partial charge in [0, 0.05) is 23.1 Å². The summed E-state index contributed by atoms with van der Waals surface area (Å²) < 4.78 is 6.18. The lowest BCUT2D eigenvalue weighted by Gasteiger charge is -2.20. The van der Waals surface area contributed by atoms with Crippen molar-refractivity contribution in [3.05, 3.63) is 40.4 Å². The predicted octanol–water partition coefficient (Wildman–Crippen LogP) is 2.79. The molecule has 0 aromatic heterocycles. The quantitative estimate of drug-likeness (QED) is 0.804. The molecule has 96 valence electrons. The molecule has 3 nitrogen and oxygen atoms in total. The summed E-state index contributed by atoms with van der Waals surface area (Å²) in [5.41, 5.74) is 1.88. The number of hydrogen-bond donors (Lipinski definition) is 0. The second-order valence-electron chi connectivity index (χ2n) is 4.54. The van der Waals surface area contributed by atoms with Crippen LogP contribution in [0.5, 0.6) is 5.75 Å². The zero-order chi connectivity index (χ0) is 13.3. The Hall–Kier alpha value is -1.29. The van der Waals surface area contributed by atoms with Gasteiger partial charge in [-0.25, -0.2) is 0 Å². The van der Waals surface area contributed by atoms with E-state index in [-0.39, 0.29) is 11.9 Å². The molecule has 1 aliphatic rings. The molecule has 18 heavy (non-hydrogen) atoms. The van der Waals surface area contributed by atoms with Crippen molar-refractivity contribution in [1.29, 1.82) is 0 Å². The molecule has 1 heterocycles. The Labute approximate surface area is 116 Å². The Morgan fingerprint density at radius 2 is 2.28 bits per heavy atom. The molecule has 0 unspecified atom stereocenters. The van der Waals surface area contributed by atoms with Crippen LogP contribution in [-0.4, -0.2) is 31.0 Å². The molecule has 0 aliphatic carbocycles. The predicted molar refractivity (Wildman–Crippen MR) is 74.7 cm³/mol. The molecule has 1 fully saturated rings. The molecule has 1 amide bonds. The van der Waals surface area contributed by atoms with Crippen LogP contribution >= 0.6 is 15.9 Å². The molecule has 0 bridgehead atoms. The summed E-state index contributed by atoms with van der Waals surface area (Å²) in [5, 5.41) is 0. The fraction of sp³-hybridized carbons (Fsp3) is 0.357. The zero-order valence-electron chi connectivity index (χ0n) is 10.6. The lowest BCUT2D eigenvalue weighted by atomic mass is 10.0. The molecule has 0 saturated carbocycles. The number of halogens is 1. The molecule has 0 spiro atoms. The van der Waals surface area contributed by atoms with Crippen molar-refractivity contribution in [2.24, 2.45) is 0 Å². The van der Waals surface area contributed by atoms with Gasteiger partial charge in [0.2, 0.25) is 5.91 Å². The van der Waals surface area contributed by atoms with Crippen molar-refractivity contribution < 1.29 is 9.53 Å². The highest BCUT2D eigenvalue weighted by atomic mass is 79.9. The van der Waals surface area contributed by atoms with E-state index < -0.39 is 0 Å². The van der Waals surface area contributed by atoms with Gasteiger partial charge in [0.05, 0.1) is 7.11 Å². The van der Waals surface area contributed by atoms with E-state index in [9.17, 15) is 4.79 Å². The fourth-order valence-electron chi connectivity index (χ4n) is 2.21. The van der Waals surface area contributed by atoms with Gasteiger partial charge in [-0.15, -0.1) is 0 Å². The minimum absolute atomic E-state index is 0.0598. The van der Waals surface area contributed by atoms with Gasteiger partial charge in [0.25, 0.3) is 0 Å². The highest BCUT2D eigenvalue weighted by Gasteiger charge is 2.31. The number of likely N-dealkylation sites (tertiary alicyclic amines) is 1. The number of carbonyl (C=O) groups is 1. The second kappa shape index (κ2) is 5.14. The molecule has 1 saturated heterocycles. The minimum Gasteiger partial charge on any atom is -0.497 e. The first kappa shape index (κ1) is 13.1. The minimum atomic E-state index is 0.0598. The molecule has 4 heteroatoms. The highest BCUT2D eigenvalue weighted by Crippen LogP contribution is 2.29. The lowest BCUT2D eigenvalue weighted by molar-refractivity contribution is -0.124. The van der Waals surface area contributed by atoms with E-state index in [4.69, 9.17) is 4.74 Å². The van der Waals surface area contributed by atoms with E-state index >= 15 is 0 Å². The maximum atomic E-state index is 11.7. The van der Waals surface area contributed by atoms with Gasteiger partial charge in [-0.3, -0.25) is 4.79 Å². The van der Waals surface area contributed by atoms with Crippen LogP contribution in [0.2, 0.25) is 0 Å². The molecule has 0 N–H and O–H groups in total. The third-order valence-electron chi connectivity index (χ3n) is 3.37. The standard InChI is InChI=1S/C14H16BrNO2/c1-9-6-11(16(2)14(9)17)7-10-4-5-12(18-3)8-13(10)15/h4-5,8,11H,1,6-7H2,2-3H3/t11-/m0/s1. The van der Waals surface area contributed by atoms with Gasteiger partial charge in [0.1, 0.15) is 5.75 Å². The van der Waals surface area contributed by atoms with Crippen molar-refractivity contribution in [1.82, 2.24) is 4.90 Å². The molecular weight excluding hydrogens is 294 g/mol. The van der Waals surface area contributed by atoms with Crippen LogP contribution in [-0.2, 0) is 11.2 Å². The SMILES string of the molecule is C=C1C[C@@H](Cc2ccc(OC)cc2Br)N(C)C1=O. The summed E-state index contributed by atoms with van der Waals surface area (Å²) in [6, 6.07) is 6.12. The number of amides is 1. The van der Waals surface area contributed by atoms with E-state index in [2.05, 4.69) is 22.5 Å². The summed E-state index contributed by atoms with van der Waals surface area (Å²) in [4.78, 5) is 13.5. The summed E-state index contributed by atoms with van der Waals surface area (Å²) in [7, 11) is 3.48. The van der Waals surface area contributed by atoms with Gasteiger partial charge in [-0.2, -0.15) is 0 Å². The third kappa shape index (κ3) is 2.43. The van der Waals surface area contributed by atoms with Gasteiger partial charge < -0.3 is 9.64 Å². The number of carbonyl (C=O) groups excluding carboxylic acids is 1. The maximum Gasteiger partial charge on any atom is 0.249 e. The lowest BCUT2D eigenvalue weighted by Crippen LogP contribution is -2.30. The fourth-order valence-corrected chi connectivity index (χ4v) is 2.73. The number of likely N-dealkylation sites (N-methyl/N-ethyl adjacent to an activating group) is 1. The van der Waals surface area contributed by atoms with Crippen molar-refractivity contribution >= 4 is 21.8 Å². The monoisotopic (exact) mass is 309 g/mol. The van der Waals surface area contributed by atoms with Gasteiger partial charge in [0.15, 0.2) is 0 Å². The second-order valence-corrected chi connectivity index (χ2v) is 5.39. The molecule has 1 atom stereocenters. The van der Waals surface area contributed by atoms with E-state index in [0.717, 1.165) is 23.1 Å². The Morgan fingerprint density at radius 3 is 2.78 bits per heavy atom. The van der Waals surface area contributed by atoms with Crippen LogP contribution in [0.15, 0.2) is 34.8 Å². The maximum absolute atomic E-state index is 11.7. The Bertz CT molecular complexity index is 499. The zero-order valence-corrected chi connectivity index (χ0v) is 12.2. The Morgan fingerprint density at radius 1 is 1.56 bits per heavy atom. The number of benzene rings is 1. The number of methoxy groups -OCH3 is 1. The van der Waals surface area contributed by atoms with Crippen LogP contribution in [0, 0.1) is 0 Å². The highest BCUT2D eigenvalue weighted by molar-refractivity contribution is 9.10. The van der Waals surface area contributed by atoms with Crippen LogP contribution < -0.4 is 4.74 Å². The van der Waals surface area contributed by atoms with E-state index in [1.165, 1.54) is 5.56 Å². The average molecular weight is 310 g/mol. The number of nitrogens with zero attached hydrogens (tertiary/aromatic N) is 1. The van der Waals surface area contributed by atoms with Crippen molar-refractivity contribution in [2.45, 2.75) is 18.9 Å². The van der Waals surface area contributed by atoms with Gasteiger partial charge in [-0.1, -0.05) is 28.6 Å². The molecule has 0 radical (unpaired) electrons. The number of rotatable bonds is 3. The van der Waals surface area contributed by atoms with Crippen molar-refractivity contribution in [3.63, 3.8) is 0 Å². The first-order chi connectivity index (χ1) is 8.52. The van der Waals surface area contributed by atoms with Crippen molar-refractivity contribution in [3.8, 4) is 5.75 Å². The molecule has 1 aromatic rings. The average Bonchev–Trinajstić information content (AvgIpc) is 2.59. The van der Waals surface area contributed by atoms with Gasteiger partial charge >= 0.3 is 0 Å². The van der Waals surface area contributed by atoms with Crippen LogP contribution in [0.1, 0.15) is 12.0 Å². The normalized spacial score (nSPS) is 19.5. The summed E-state index contributed by atoms with van der Waals surface area (Å²) in [5.74, 6) is 0.885. The van der Waals surface area contributed by atoms with Gasteiger partial charge in [-0.05, 0) is 30.5 Å². The van der Waals surface area contributed by atoms with Crippen LogP contribution in [0.3, 0.4) is 0 Å². The van der Waals surface area contributed by atoms with E-state index in [1.807, 2.05) is 25.2 Å². The molecular formula is C14H16BrNO2. The van der Waals surface area contributed by atoms with E-state index in [1.54, 1.807) is 12.0 Å². The number of ether oxygens (including phenoxy) is 1. The van der Waals surface area contributed by atoms with Crippen LogP contribution in [0.25, 0.3) is 0 Å². The van der Waals surface area contributed by atoms with Crippen LogP contribution in [0.4, 0.5) is 0 Å². The summed E-state index contributed by atoms with van der Waals surface area (Å²) >= 11 is 3.54. The third-order valence-corrected chi connectivity index (χ3v) is 4.11. The molecule has 1 aliphatic heterocycles. The van der Waals surface area contributed by atoms with Crippen molar-refractivity contribution in [2.75, 3.05) is 14.2 Å². The molecule has 1 aromatic carbocycles. The topological polar surface area (TPSA) is 29.5 Å². The molecule has 2 rings (SSSR count). The summed E-state index contributed by atoms with van der Waals surface area (Å²) in [6.45, 7) is 3.80. The van der Waals surface area contributed by atoms with E-state index in [0.29, 0.717) is 5.57 Å². The first-order valence-electron chi connectivity index (χ1n) is 5.80. The first-order valence-corrected chi connectivity index (χ1v) is 6.59. The summed E-state index contributed by atoms with van der Waals surface area (Å²) in [6.07, 6.45) is 1.57. The number of hydrogen-bond acceptors (Lipinski definition) is 2.